The summed E-state index contributed by atoms with van der Waals surface area (Å²) in [5.41, 5.74) is 2.17. The van der Waals surface area contributed by atoms with Crippen LogP contribution in [0.25, 0.3) is 16.6 Å². The minimum Gasteiger partial charge on any atom is -0.486 e. The Labute approximate surface area is 157 Å². The van der Waals surface area contributed by atoms with Crippen molar-refractivity contribution < 1.29 is 13.5 Å². The highest BCUT2D eigenvalue weighted by Crippen LogP contribution is 2.29. The first-order valence-electron chi connectivity index (χ1n) is 7.92. The first-order valence-corrected chi connectivity index (χ1v) is 8.71. The van der Waals surface area contributed by atoms with Crippen molar-refractivity contribution in [1.82, 2.24) is 9.78 Å². The van der Waals surface area contributed by atoms with Crippen molar-refractivity contribution in [2.45, 2.75) is 6.61 Å². The lowest BCUT2D eigenvalue weighted by molar-refractivity contribution is 0.290. The molecule has 0 aliphatic carbocycles. The number of benzene rings is 3. The summed E-state index contributed by atoms with van der Waals surface area (Å²) in [6.07, 6.45) is 1.54. The smallest absolute Gasteiger partial charge is 0.167 e. The molecule has 4 aromatic rings. The summed E-state index contributed by atoms with van der Waals surface area (Å²) >= 11 is 3.21. The van der Waals surface area contributed by atoms with Crippen LogP contribution >= 0.6 is 15.9 Å². The minimum atomic E-state index is -0.483. The summed E-state index contributed by atoms with van der Waals surface area (Å²) in [5.74, 6) is -0.683. The predicted molar refractivity (Wildman–Crippen MR) is 99.5 cm³/mol. The average Bonchev–Trinajstić information content (AvgIpc) is 3.09. The lowest BCUT2D eigenvalue weighted by Crippen LogP contribution is -2.00. The van der Waals surface area contributed by atoms with Crippen molar-refractivity contribution in [3.63, 3.8) is 0 Å². The second-order valence-corrected chi connectivity index (χ2v) is 6.53. The Bertz CT molecular complexity index is 1080. The van der Waals surface area contributed by atoms with E-state index in [1.807, 2.05) is 30.3 Å². The van der Waals surface area contributed by atoms with Crippen LogP contribution in [0.1, 0.15) is 5.56 Å². The molecule has 0 amide bonds. The van der Waals surface area contributed by atoms with Gasteiger partial charge >= 0.3 is 0 Å². The van der Waals surface area contributed by atoms with Gasteiger partial charge in [-0.25, -0.2) is 13.5 Å². The van der Waals surface area contributed by atoms with Gasteiger partial charge in [0.1, 0.15) is 12.4 Å². The number of hydrogen-bond donors (Lipinski definition) is 0. The Balaban J connectivity index is 1.63. The second-order valence-electron chi connectivity index (χ2n) is 5.74. The fraction of sp³-hybridized carbons (Fsp3) is 0.0500. The third-order valence-electron chi connectivity index (χ3n) is 4.04. The number of fused-ring (bicyclic) bond motifs is 1. The molecule has 3 nitrogen and oxygen atoms in total. The number of halogens is 3. The minimum absolute atomic E-state index is 0.168. The third kappa shape index (κ3) is 3.08. The topological polar surface area (TPSA) is 27.1 Å². The summed E-state index contributed by atoms with van der Waals surface area (Å²) in [7, 11) is 0. The molecule has 1 aromatic heterocycles. The molecule has 3 aromatic carbocycles. The van der Waals surface area contributed by atoms with E-state index < -0.39 is 5.82 Å². The summed E-state index contributed by atoms with van der Waals surface area (Å²) in [4.78, 5) is 0. The quantitative estimate of drug-likeness (QED) is 0.431. The van der Waals surface area contributed by atoms with E-state index in [1.165, 1.54) is 12.1 Å². The van der Waals surface area contributed by atoms with Gasteiger partial charge in [0.2, 0.25) is 0 Å². The summed E-state index contributed by atoms with van der Waals surface area (Å²) in [5, 5.41) is 4.86. The van der Waals surface area contributed by atoms with Gasteiger partial charge in [-0.3, -0.25) is 0 Å². The molecule has 26 heavy (non-hydrogen) atoms. The lowest BCUT2D eigenvalue weighted by atomic mass is 10.2. The molecule has 0 radical (unpaired) electrons. The van der Waals surface area contributed by atoms with Crippen LogP contribution in [0.2, 0.25) is 0 Å². The molecule has 1 heterocycles. The van der Waals surface area contributed by atoms with Gasteiger partial charge in [-0.2, -0.15) is 5.10 Å². The van der Waals surface area contributed by atoms with Crippen LogP contribution < -0.4 is 4.74 Å². The Hall–Kier alpha value is -2.73. The first kappa shape index (κ1) is 16.7. The largest absolute Gasteiger partial charge is 0.486 e. The number of hydrogen-bond acceptors (Lipinski definition) is 2. The van der Waals surface area contributed by atoms with Crippen molar-refractivity contribution in [3.8, 4) is 11.4 Å². The number of aromatic nitrogens is 2. The normalized spacial score (nSPS) is 11.0. The van der Waals surface area contributed by atoms with Crippen molar-refractivity contribution in [3.05, 3.63) is 88.5 Å². The van der Waals surface area contributed by atoms with E-state index in [0.29, 0.717) is 21.1 Å². The molecule has 0 spiro atoms. The van der Waals surface area contributed by atoms with Gasteiger partial charge in [0, 0.05) is 11.5 Å². The Morgan fingerprint density at radius 1 is 0.962 bits per heavy atom. The van der Waals surface area contributed by atoms with Gasteiger partial charge in [0.25, 0.3) is 0 Å². The molecular weight excluding hydrogens is 402 g/mol. The molecule has 0 saturated carbocycles. The van der Waals surface area contributed by atoms with Crippen LogP contribution in [0.5, 0.6) is 5.75 Å². The molecule has 0 bridgehead atoms. The van der Waals surface area contributed by atoms with Crippen molar-refractivity contribution >= 4 is 26.8 Å². The average molecular weight is 415 g/mol. The molecule has 0 atom stereocenters. The standard InChI is InChI=1S/C20H13BrF2N2O/c21-20-15-11-24-25(18(15)8-7-16(20)22)14-6-9-19(17(23)10-14)26-12-13-4-2-1-3-5-13/h1-11H,12H2. The molecule has 6 heteroatoms. The van der Waals surface area contributed by atoms with Crippen molar-refractivity contribution in [2.75, 3.05) is 0 Å². The highest BCUT2D eigenvalue weighted by atomic mass is 79.9. The molecule has 0 aliphatic rings. The Morgan fingerprint density at radius 2 is 1.77 bits per heavy atom. The van der Waals surface area contributed by atoms with Crippen LogP contribution in [0.3, 0.4) is 0 Å². The van der Waals surface area contributed by atoms with Gasteiger partial charge in [-0.1, -0.05) is 30.3 Å². The molecule has 0 unspecified atom stereocenters. The maximum atomic E-state index is 14.5. The fourth-order valence-corrected chi connectivity index (χ4v) is 3.16. The van der Waals surface area contributed by atoms with Crippen LogP contribution in [0, 0.1) is 11.6 Å². The number of rotatable bonds is 4. The van der Waals surface area contributed by atoms with Crippen molar-refractivity contribution in [2.24, 2.45) is 0 Å². The van der Waals surface area contributed by atoms with Crippen LogP contribution in [-0.4, -0.2) is 9.78 Å². The number of ether oxygens (including phenoxy) is 1. The zero-order chi connectivity index (χ0) is 18.1. The van der Waals surface area contributed by atoms with Crippen LogP contribution in [0.4, 0.5) is 8.78 Å². The van der Waals surface area contributed by atoms with E-state index in [2.05, 4.69) is 21.0 Å². The van der Waals surface area contributed by atoms with E-state index in [9.17, 15) is 8.78 Å². The van der Waals surface area contributed by atoms with Gasteiger partial charge < -0.3 is 4.74 Å². The second kappa shape index (κ2) is 6.88. The first-order chi connectivity index (χ1) is 12.6. The molecule has 130 valence electrons. The van der Waals surface area contributed by atoms with Crippen LogP contribution in [0.15, 0.2) is 71.3 Å². The lowest BCUT2D eigenvalue weighted by Gasteiger charge is -2.10. The van der Waals surface area contributed by atoms with Crippen LogP contribution in [-0.2, 0) is 6.61 Å². The molecule has 0 saturated heterocycles. The van der Waals surface area contributed by atoms with Crippen molar-refractivity contribution in [1.29, 1.82) is 0 Å². The van der Waals surface area contributed by atoms with Gasteiger partial charge in [0.15, 0.2) is 11.6 Å². The Kier molecular flexibility index (Phi) is 4.42. The molecule has 0 aliphatic heterocycles. The van der Waals surface area contributed by atoms with Gasteiger partial charge in [-0.05, 0) is 45.8 Å². The fourth-order valence-electron chi connectivity index (χ4n) is 2.72. The van der Waals surface area contributed by atoms with E-state index >= 15 is 0 Å². The van der Waals surface area contributed by atoms with E-state index in [1.54, 1.807) is 29.1 Å². The SMILES string of the molecule is Fc1cc(-n2ncc3c(Br)c(F)ccc32)ccc1OCc1ccccc1. The van der Waals surface area contributed by atoms with Gasteiger partial charge in [-0.15, -0.1) is 0 Å². The summed E-state index contributed by atoms with van der Waals surface area (Å²) in [6, 6.07) is 17.1. The maximum absolute atomic E-state index is 14.5. The van der Waals surface area contributed by atoms with E-state index in [0.717, 1.165) is 5.56 Å². The molecule has 0 fully saturated rings. The molecular formula is C20H13BrF2N2O. The zero-order valence-corrected chi connectivity index (χ0v) is 15.1. The van der Waals surface area contributed by atoms with E-state index in [-0.39, 0.29) is 18.2 Å². The third-order valence-corrected chi connectivity index (χ3v) is 4.84. The highest BCUT2D eigenvalue weighted by molar-refractivity contribution is 9.10. The molecule has 4 rings (SSSR count). The monoisotopic (exact) mass is 414 g/mol. The predicted octanol–water partition coefficient (Wildman–Crippen LogP) is 5.65. The summed E-state index contributed by atoms with van der Waals surface area (Å²) < 4.78 is 35.5. The zero-order valence-electron chi connectivity index (χ0n) is 13.5. The highest BCUT2D eigenvalue weighted by Gasteiger charge is 2.13. The van der Waals surface area contributed by atoms with E-state index in [4.69, 9.17) is 4.74 Å². The molecule has 0 N–H and O–H groups in total. The Morgan fingerprint density at radius 3 is 2.54 bits per heavy atom. The maximum Gasteiger partial charge on any atom is 0.167 e. The summed E-state index contributed by atoms with van der Waals surface area (Å²) in [6.45, 7) is 0.286. The van der Waals surface area contributed by atoms with Gasteiger partial charge in [0.05, 0.1) is 21.9 Å². The number of nitrogens with zero attached hydrogens (tertiary/aromatic N) is 2.